The fraction of sp³-hybridized carbons (Fsp3) is 0.462. The molecule has 3 nitrogen and oxygen atoms in total. The van der Waals surface area contributed by atoms with Gasteiger partial charge in [-0.15, -0.1) is 11.6 Å². The number of hydrogen-bond donors (Lipinski definition) is 0. The van der Waals surface area contributed by atoms with Gasteiger partial charge in [-0.2, -0.15) is 0 Å². The highest BCUT2D eigenvalue weighted by Crippen LogP contribution is 2.33. The second-order valence-corrected chi connectivity index (χ2v) is 4.48. The molecular weight excluding hydrogens is 240 g/mol. The Morgan fingerprint density at radius 1 is 1.29 bits per heavy atom. The average molecular weight is 257 g/mol. The largest absolute Gasteiger partial charge is 0.496 e. The van der Waals surface area contributed by atoms with Crippen molar-refractivity contribution in [3.8, 4) is 5.75 Å². The maximum atomic E-state index is 11.4. The molecule has 0 aliphatic rings. The van der Waals surface area contributed by atoms with Crippen LogP contribution in [0.25, 0.3) is 0 Å². The minimum Gasteiger partial charge on any atom is -0.496 e. The van der Waals surface area contributed by atoms with Crippen molar-refractivity contribution in [1.82, 2.24) is 0 Å². The van der Waals surface area contributed by atoms with Gasteiger partial charge in [-0.25, -0.2) is 0 Å². The maximum Gasteiger partial charge on any atom is 0.328 e. The van der Waals surface area contributed by atoms with E-state index >= 15 is 0 Å². The monoisotopic (exact) mass is 256 g/mol. The third-order valence-electron chi connectivity index (χ3n) is 2.61. The van der Waals surface area contributed by atoms with Crippen LogP contribution in [0.15, 0.2) is 18.2 Å². The number of alkyl halides is 1. The van der Waals surface area contributed by atoms with E-state index in [0.29, 0.717) is 17.2 Å². The first-order chi connectivity index (χ1) is 8.01. The second kappa shape index (κ2) is 5.92. The van der Waals surface area contributed by atoms with Crippen molar-refractivity contribution in [2.24, 2.45) is 0 Å². The number of halogens is 1. The van der Waals surface area contributed by atoms with E-state index in [1.54, 1.807) is 7.11 Å². The topological polar surface area (TPSA) is 35.5 Å². The first-order valence-electron chi connectivity index (χ1n) is 5.41. The predicted octanol–water partition coefficient (Wildman–Crippen LogP) is 3.27. The summed E-state index contributed by atoms with van der Waals surface area (Å²) in [6.07, 6.45) is 0. The molecule has 1 rings (SSSR count). The van der Waals surface area contributed by atoms with Crippen molar-refractivity contribution in [1.29, 1.82) is 0 Å². The van der Waals surface area contributed by atoms with E-state index in [2.05, 4.69) is 18.6 Å². The van der Waals surface area contributed by atoms with Gasteiger partial charge in [0.1, 0.15) is 5.75 Å². The molecule has 1 aromatic rings. The van der Waals surface area contributed by atoms with Crippen LogP contribution in [-0.2, 0) is 9.53 Å². The second-order valence-electron chi connectivity index (χ2n) is 4.04. The maximum absolute atomic E-state index is 11.4. The Labute approximate surface area is 107 Å². The minimum absolute atomic E-state index is 0.393. The molecular formula is C13H17ClO3. The molecule has 94 valence electrons. The van der Waals surface area contributed by atoms with E-state index in [1.807, 2.05) is 18.2 Å². The van der Waals surface area contributed by atoms with Crippen molar-refractivity contribution >= 4 is 17.6 Å². The summed E-state index contributed by atoms with van der Waals surface area (Å²) in [5.74, 6) is 0.522. The summed E-state index contributed by atoms with van der Waals surface area (Å²) in [5.41, 5.74) is 1.77. The zero-order valence-corrected chi connectivity index (χ0v) is 11.2. The van der Waals surface area contributed by atoms with E-state index in [4.69, 9.17) is 16.3 Å². The lowest BCUT2D eigenvalue weighted by Gasteiger charge is -2.15. The van der Waals surface area contributed by atoms with Crippen molar-refractivity contribution in [2.45, 2.75) is 25.1 Å². The van der Waals surface area contributed by atoms with Gasteiger partial charge in [-0.3, -0.25) is 4.79 Å². The summed E-state index contributed by atoms with van der Waals surface area (Å²) in [5, 5.41) is -0.837. The normalized spacial score (nSPS) is 12.4. The Kier molecular flexibility index (Phi) is 4.82. The van der Waals surface area contributed by atoms with Crippen molar-refractivity contribution in [3.63, 3.8) is 0 Å². The zero-order chi connectivity index (χ0) is 13.0. The van der Waals surface area contributed by atoms with E-state index in [9.17, 15) is 4.79 Å². The molecule has 0 bridgehead atoms. The Morgan fingerprint density at radius 3 is 2.41 bits per heavy atom. The van der Waals surface area contributed by atoms with Crippen molar-refractivity contribution < 1.29 is 14.3 Å². The van der Waals surface area contributed by atoms with Crippen LogP contribution in [0.1, 0.15) is 36.3 Å². The number of hydrogen-bond acceptors (Lipinski definition) is 3. The first kappa shape index (κ1) is 13.8. The van der Waals surface area contributed by atoms with Crippen LogP contribution in [0.4, 0.5) is 0 Å². The van der Waals surface area contributed by atoms with Gasteiger partial charge in [-0.1, -0.05) is 26.0 Å². The van der Waals surface area contributed by atoms with Crippen LogP contribution < -0.4 is 4.74 Å². The highest BCUT2D eigenvalue weighted by atomic mass is 35.5. The highest BCUT2D eigenvalue weighted by Gasteiger charge is 2.22. The molecule has 1 unspecified atom stereocenters. The molecule has 17 heavy (non-hydrogen) atoms. The Morgan fingerprint density at radius 2 is 1.94 bits per heavy atom. The summed E-state index contributed by atoms with van der Waals surface area (Å²) in [4.78, 5) is 11.4. The van der Waals surface area contributed by atoms with Gasteiger partial charge in [0.15, 0.2) is 5.38 Å². The van der Waals surface area contributed by atoms with Gasteiger partial charge in [0.05, 0.1) is 14.2 Å². The molecule has 0 spiro atoms. The van der Waals surface area contributed by atoms with Crippen LogP contribution in [-0.4, -0.2) is 20.2 Å². The Balaban J connectivity index is 3.12. The molecule has 1 aromatic carbocycles. The van der Waals surface area contributed by atoms with E-state index in [0.717, 1.165) is 5.56 Å². The lowest BCUT2D eigenvalue weighted by atomic mass is 9.99. The summed E-state index contributed by atoms with van der Waals surface area (Å²) in [6.45, 7) is 4.18. The molecule has 0 aromatic heterocycles. The minimum atomic E-state index is -0.837. The lowest BCUT2D eigenvalue weighted by Crippen LogP contribution is -2.10. The van der Waals surface area contributed by atoms with E-state index in [-0.39, 0.29) is 0 Å². The molecule has 0 fully saturated rings. The molecule has 4 heteroatoms. The van der Waals surface area contributed by atoms with E-state index < -0.39 is 11.3 Å². The van der Waals surface area contributed by atoms with Crippen LogP contribution in [0.2, 0.25) is 0 Å². The summed E-state index contributed by atoms with van der Waals surface area (Å²) in [6, 6.07) is 5.65. The molecule has 0 saturated carbocycles. The molecule has 0 aliphatic carbocycles. The van der Waals surface area contributed by atoms with Gasteiger partial charge in [0, 0.05) is 5.56 Å². The van der Waals surface area contributed by atoms with Crippen molar-refractivity contribution in [3.05, 3.63) is 29.3 Å². The zero-order valence-electron chi connectivity index (χ0n) is 10.5. The van der Waals surface area contributed by atoms with Gasteiger partial charge in [-0.05, 0) is 17.5 Å². The SMILES string of the molecule is COC(=O)C(Cl)c1ccc(C(C)C)cc1OC. The number of benzene rings is 1. The molecule has 0 aliphatic heterocycles. The molecule has 0 amide bonds. The lowest BCUT2D eigenvalue weighted by molar-refractivity contribution is -0.140. The molecule has 0 heterocycles. The van der Waals surface area contributed by atoms with E-state index in [1.165, 1.54) is 7.11 Å². The number of rotatable bonds is 4. The van der Waals surface area contributed by atoms with Gasteiger partial charge < -0.3 is 9.47 Å². The predicted molar refractivity (Wildman–Crippen MR) is 67.7 cm³/mol. The fourth-order valence-electron chi connectivity index (χ4n) is 1.53. The number of ether oxygens (including phenoxy) is 2. The first-order valence-corrected chi connectivity index (χ1v) is 5.84. The summed E-state index contributed by atoms with van der Waals surface area (Å²) in [7, 11) is 2.87. The standard InChI is InChI=1S/C13H17ClO3/c1-8(2)9-5-6-10(11(7-9)16-3)12(14)13(15)17-4/h5-8,12H,1-4H3. The third-order valence-corrected chi connectivity index (χ3v) is 3.02. The smallest absolute Gasteiger partial charge is 0.328 e. The van der Waals surface area contributed by atoms with Crippen LogP contribution in [0, 0.1) is 0 Å². The quantitative estimate of drug-likeness (QED) is 0.613. The number of carbonyl (C=O) groups is 1. The highest BCUT2D eigenvalue weighted by molar-refractivity contribution is 6.30. The Bertz CT molecular complexity index is 402. The third kappa shape index (κ3) is 3.13. The molecule has 0 radical (unpaired) electrons. The number of esters is 1. The van der Waals surface area contributed by atoms with Crippen LogP contribution >= 0.6 is 11.6 Å². The Hall–Kier alpha value is -1.22. The fourth-order valence-corrected chi connectivity index (χ4v) is 1.80. The molecule has 0 N–H and O–H groups in total. The summed E-state index contributed by atoms with van der Waals surface area (Å²) >= 11 is 6.02. The van der Waals surface area contributed by atoms with Gasteiger partial charge in [0.2, 0.25) is 0 Å². The average Bonchev–Trinajstić information content (AvgIpc) is 2.35. The van der Waals surface area contributed by atoms with Crippen LogP contribution in [0.5, 0.6) is 5.75 Å². The summed E-state index contributed by atoms with van der Waals surface area (Å²) < 4.78 is 9.88. The van der Waals surface area contributed by atoms with Crippen molar-refractivity contribution in [2.75, 3.05) is 14.2 Å². The van der Waals surface area contributed by atoms with Gasteiger partial charge >= 0.3 is 5.97 Å². The number of carbonyl (C=O) groups excluding carboxylic acids is 1. The van der Waals surface area contributed by atoms with Gasteiger partial charge in [0.25, 0.3) is 0 Å². The molecule has 1 atom stereocenters. The molecule has 0 saturated heterocycles. The van der Waals surface area contributed by atoms with Crippen LogP contribution in [0.3, 0.4) is 0 Å². The number of methoxy groups -OCH3 is 2.